The summed E-state index contributed by atoms with van der Waals surface area (Å²) in [6.07, 6.45) is 1.83. The molecule has 1 aromatic heterocycles. The van der Waals surface area contributed by atoms with Gasteiger partial charge in [-0.05, 0) is 19.1 Å². The average Bonchev–Trinajstić information content (AvgIpc) is 2.64. The minimum Gasteiger partial charge on any atom is -0.490 e. The first-order valence-electron chi connectivity index (χ1n) is 5.13. The number of H-pyrrole nitrogens is 1. The van der Waals surface area contributed by atoms with E-state index >= 15 is 0 Å². The number of fused-ring (bicyclic) bond motifs is 1. The Hall–Kier alpha value is -1.97. The molecule has 0 amide bonds. The van der Waals surface area contributed by atoms with Gasteiger partial charge in [-0.1, -0.05) is 0 Å². The van der Waals surface area contributed by atoms with E-state index in [-0.39, 0.29) is 5.97 Å². The normalized spacial score (nSPS) is 10.4. The Morgan fingerprint density at radius 2 is 2.19 bits per heavy atom. The summed E-state index contributed by atoms with van der Waals surface area (Å²) in [5.74, 6) is 0.685. The molecule has 16 heavy (non-hydrogen) atoms. The Bertz CT molecular complexity index is 516. The van der Waals surface area contributed by atoms with Gasteiger partial charge in [-0.2, -0.15) is 0 Å². The maximum absolute atomic E-state index is 11.0. The van der Waals surface area contributed by atoms with Crippen molar-refractivity contribution >= 4 is 16.9 Å². The van der Waals surface area contributed by atoms with Crippen LogP contribution in [-0.2, 0) is 4.79 Å². The molecule has 0 saturated heterocycles. The van der Waals surface area contributed by atoms with Gasteiger partial charge in [-0.3, -0.25) is 4.79 Å². The lowest BCUT2D eigenvalue weighted by Gasteiger charge is -2.09. The van der Waals surface area contributed by atoms with Crippen LogP contribution in [0.1, 0.15) is 13.8 Å². The minimum absolute atomic E-state index is 0.351. The van der Waals surface area contributed by atoms with E-state index in [1.165, 1.54) is 6.92 Å². The largest absolute Gasteiger partial charge is 0.490 e. The van der Waals surface area contributed by atoms with Crippen LogP contribution in [0, 0.1) is 0 Å². The number of rotatable bonds is 3. The molecule has 0 atom stereocenters. The highest BCUT2D eigenvalue weighted by Crippen LogP contribution is 2.32. The SMILES string of the molecule is CCOc1cc2[nH]ccc2cc1OC(C)=O. The molecule has 2 rings (SSSR count). The summed E-state index contributed by atoms with van der Waals surface area (Å²) in [6.45, 7) is 3.79. The quantitative estimate of drug-likeness (QED) is 0.637. The lowest BCUT2D eigenvalue weighted by Crippen LogP contribution is -2.04. The predicted molar refractivity (Wildman–Crippen MR) is 60.8 cm³/mol. The van der Waals surface area contributed by atoms with Crippen LogP contribution in [-0.4, -0.2) is 17.6 Å². The molecule has 0 unspecified atom stereocenters. The van der Waals surface area contributed by atoms with Gasteiger partial charge >= 0.3 is 5.97 Å². The molecule has 1 aromatic carbocycles. The average molecular weight is 219 g/mol. The summed E-state index contributed by atoms with van der Waals surface area (Å²) in [7, 11) is 0. The van der Waals surface area contributed by atoms with Crippen LogP contribution < -0.4 is 9.47 Å². The second-order valence-electron chi connectivity index (χ2n) is 3.39. The van der Waals surface area contributed by atoms with E-state index in [0.29, 0.717) is 18.1 Å². The number of hydrogen-bond donors (Lipinski definition) is 1. The van der Waals surface area contributed by atoms with Gasteiger partial charge in [0, 0.05) is 30.1 Å². The number of ether oxygens (including phenoxy) is 2. The monoisotopic (exact) mass is 219 g/mol. The summed E-state index contributed by atoms with van der Waals surface area (Å²) < 4.78 is 10.5. The third-order valence-corrected chi connectivity index (χ3v) is 2.17. The van der Waals surface area contributed by atoms with E-state index in [1.807, 2.05) is 25.3 Å². The molecule has 0 fully saturated rings. The van der Waals surface area contributed by atoms with Gasteiger partial charge in [0.2, 0.25) is 0 Å². The number of aromatic amines is 1. The zero-order valence-corrected chi connectivity index (χ0v) is 9.24. The molecular formula is C12H13NO3. The molecule has 0 spiro atoms. The number of carbonyl (C=O) groups is 1. The van der Waals surface area contributed by atoms with E-state index in [0.717, 1.165) is 10.9 Å². The van der Waals surface area contributed by atoms with Gasteiger partial charge in [0.1, 0.15) is 0 Å². The second kappa shape index (κ2) is 4.26. The van der Waals surface area contributed by atoms with Crippen LogP contribution in [0.3, 0.4) is 0 Å². The van der Waals surface area contributed by atoms with E-state index in [4.69, 9.17) is 9.47 Å². The van der Waals surface area contributed by atoms with Crippen LogP contribution in [0.4, 0.5) is 0 Å². The number of carbonyl (C=O) groups excluding carboxylic acids is 1. The van der Waals surface area contributed by atoms with E-state index in [2.05, 4.69) is 4.98 Å². The lowest BCUT2D eigenvalue weighted by molar-refractivity contribution is -0.132. The van der Waals surface area contributed by atoms with Crippen LogP contribution in [0.2, 0.25) is 0 Å². The number of benzene rings is 1. The molecule has 84 valence electrons. The smallest absolute Gasteiger partial charge is 0.308 e. The lowest BCUT2D eigenvalue weighted by atomic mass is 10.2. The first-order chi connectivity index (χ1) is 7.70. The predicted octanol–water partition coefficient (Wildman–Crippen LogP) is 2.49. The summed E-state index contributed by atoms with van der Waals surface area (Å²) in [5.41, 5.74) is 0.958. The summed E-state index contributed by atoms with van der Waals surface area (Å²) in [6, 6.07) is 5.54. The zero-order valence-electron chi connectivity index (χ0n) is 9.24. The Kier molecular flexibility index (Phi) is 2.81. The first kappa shape index (κ1) is 10.5. The Balaban J connectivity index is 2.48. The van der Waals surface area contributed by atoms with Crippen molar-refractivity contribution in [2.24, 2.45) is 0 Å². The zero-order chi connectivity index (χ0) is 11.5. The van der Waals surface area contributed by atoms with Crippen LogP contribution >= 0.6 is 0 Å². The van der Waals surface area contributed by atoms with Crippen LogP contribution in [0.25, 0.3) is 10.9 Å². The van der Waals surface area contributed by atoms with Crippen molar-refractivity contribution < 1.29 is 14.3 Å². The van der Waals surface area contributed by atoms with Crippen molar-refractivity contribution in [2.45, 2.75) is 13.8 Å². The summed E-state index contributed by atoms with van der Waals surface area (Å²) >= 11 is 0. The third-order valence-electron chi connectivity index (χ3n) is 2.17. The summed E-state index contributed by atoms with van der Waals surface area (Å²) in [5, 5.41) is 0.986. The Morgan fingerprint density at radius 1 is 1.38 bits per heavy atom. The first-order valence-corrected chi connectivity index (χ1v) is 5.13. The van der Waals surface area contributed by atoms with Crippen molar-refractivity contribution in [1.29, 1.82) is 0 Å². The van der Waals surface area contributed by atoms with E-state index in [9.17, 15) is 4.79 Å². The third kappa shape index (κ3) is 2.00. The molecule has 0 radical (unpaired) electrons. The molecule has 2 aromatic rings. The van der Waals surface area contributed by atoms with Gasteiger partial charge in [0.15, 0.2) is 11.5 Å². The molecule has 4 heteroatoms. The van der Waals surface area contributed by atoms with Crippen molar-refractivity contribution in [1.82, 2.24) is 4.98 Å². The van der Waals surface area contributed by atoms with Gasteiger partial charge < -0.3 is 14.5 Å². The van der Waals surface area contributed by atoms with Crippen molar-refractivity contribution in [3.05, 3.63) is 24.4 Å². The highest BCUT2D eigenvalue weighted by Gasteiger charge is 2.09. The van der Waals surface area contributed by atoms with Crippen molar-refractivity contribution in [3.63, 3.8) is 0 Å². The number of hydrogen-bond acceptors (Lipinski definition) is 3. The van der Waals surface area contributed by atoms with E-state index < -0.39 is 0 Å². The standard InChI is InChI=1S/C12H13NO3/c1-3-15-11-7-10-9(4-5-13-10)6-12(11)16-8(2)14/h4-7,13H,3H2,1-2H3. The molecule has 1 N–H and O–H groups in total. The van der Waals surface area contributed by atoms with Crippen LogP contribution in [0.15, 0.2) is 24.4 Å². The number of esters is 1. The fraction of sp³-hybridized carbons (Fsp3) is 0.250. The van der Waals surface area contributed by atoms with Crippen molar-refractivity contribution in [2.75, 3.05) is 6.61 Å². The molecule has 1 heterocycles. The second-order valence-corrected chi connectivity index (χ2v) is 3.39. The molecule has 0 aliphatic heterocycles. The van der Waals surface area contributed by atoms with Gasteiger partial charge in [-0.15, -0.1) is 0 Å². The molecular weight excluding hydrogens is 206 g/mol. The number of aromatic nitrogens is 1. The minimum atomic E-state index is -0.351. The molecule has 0 aliphatic rings. The van der Waals surface area contributed by atoms with Crippen LogP contribution in [0.5, 0.6) is 11.5 Å². The Morgan fingerprint density at radius 3 is 2.88 bits per heavy atom. The highest BCUT2D eigenvalue weighted by molar-refractivity contribution is 5.84. The molecule has 0 bridgehead atoms. The fourth-order valence-corrected chi connectivity index (χ4v) is 1.56. The number of nitrogens with one attached hydrogen (secondary N) is 1. The fourth-order valence-electron chi connectivity index (χ4n) is 1.56. The van der Waals surface area contributed by atoms with Gasteiger partial charge in [-0.25, -0.2) is 0 Å². The topological polar surface area (TPSA) is 51.3 Å². The highest BCUT2D eigenvalue weighted by atomic mass is 16.6. The Labute approximate surface area is 93.2 Å². The molecule has 4 nitrogen and oxygen atoms in total. The van der Waals surface area contributed by atoms with E-state index in [1.54, 1.807) is 6.07 Å². The van der Waals surface area contributed by atoms with Gasteiger partial charge in [0.25, 0.3) is 0 Å². The summed E-state index contributed by atoms with van der Waals surface area (Å²) in [4.78, 5) is 14.0. The van der Waals surface area contributed by atoms with Crippen molar-refractivity contribution in [3.8, 4) is 11.5 Å². The maximum Gasteiger partial charge on any atom is 0.308 e. The molecule has 0 saturated carbocycles. The van der Waals surface area contributed by atoms with Gasteiger partial charge in [0.05, 0.1) is 6.61 Å². The maximum atomic E-state index is 11.0. The molecule has 0 aliphatic carbocycles.